The predicted molar refractivity (Wildman–Crippen MR) is 99.4 cm³/mol. The summed E-state index contributed by atoms with van der Waals surface area (Å²) in [6.45, 7) is 4.99. The zero-order chi connectivity index (χ0) is 17.3. The fourth-order valence-corrected chi connectivity index (χ4v) is 3.86. The first kappa shape index (κ1) is 16.8. The molecule has 3 N–H and O–H groups in total. The zero-order valence-electron chi connectivity index (χ0n) is 14.2. The van der Waals surface area contributed by atoms with Crippen LogP contribution >= 0.6 is 11.6 Å². The number of benzene rings is 2. The molecule has 3 nitrogen and oxygen atoms in total. The second-order valence-electron chi connectivity index (χ2n) is 6.66. The number of hydrogen-bond donors (Lipinski definition) is 2. The molecule has 0 bridgehead atoms. The smallest absolute Gasteiger partial charge is 0.220 e. The molecule has 1 aliphatic carbocycles. The van der Waals surface area contributed by atoms with Gasteiger partial charge in [0.15, 0.2) is 0 Å². The maximum atomic E-state index is 11.6. The molecule has 1 amide bonds. The molecule has 3 rings (SSSR count). The van der Waals surface area contributed by atoms with Gasteiger partial charge in [-0.1, -0.05) is 29.8 Å². The number of aryl methyl sites for hydroxylation is 2. The number of carbonyl (C=O) groups is 1. The summed E-state index contributed by atoms with van der Waals surface area (Å²) < 4.78 is 0. The largest absolute Gasteiger partial charge is 0.381 e. The minimum atomic E-state index is -0.186. The van der Waals surface area contributed by atoms with Crippen LogP contribution in [0.3, 0.4) is 0 Å². The summed E-state index contributed by atoms with van der Waals surface area (Å²) in [5.74, 6) is -0.228. The third kappa shape index (κ3) is 3.41. The minimum Gasteiger partial charge on any atom is -0.381 e. The number of halogens is 1. The molecule has 126 valence electrons. The van der Waals surface area contributed by atoms with Crippen molar-refractivity contribution >= 4 is 23.2 Å². The van der Waals surface area contributed by atoms with Crippen LogP contribution in [0.1, 0.15) is 34.2 Å². The summed E-state index contributed by atoms with van der Waals surface area (Å²) in [6, 6.07) is 10.1. The molecule has 24 heavy (non-hydrogen) atoms. The lowest BCUT2D eigenvalue weighted by Gasteiger charge is -2.27. The van der Waals surface area contributed by atoms with Crippen molar-refractivity contribution in [2.45, 2.75) is 39.7 Å². The lowest BCUT2D eigenvalue weighted by Crippen LogP contribution is -2.29. The van der Waals surface area contributed by atoms with Gasteiger partial charge in [-0.15, -0.1) is 0 Å². The Kier molecular flexibility index (Phi) is 4.81. The van der Waals surface area contributed by atoms with E-state index in [1.165, 1.54) is 22.3 Å². The number of carbonyl (C=O) groups excluding carboxylic acids is 1. The van der Waals surface area contributed by atoms with Crippen LogP contribution < -0.4 is 11.1 Å². The Bertz CT molecular complexity index is 785. The maximum Gasteiger partial charge on any atom is 0.220 e. The number of hydrogen-bond acceptors (Lipinski definition) is 2. The monoisotopic (exact) mass is 342 g/mol. The average Bonchev–Trinajstić information content (AvgIpc) is 2.54. The van der Waals surface area contributed by atoms with Crippen LogP contribution in [0.15, 0.2) is 30.3 Å². The Morgan fingerprint density at radius 2 is 2.12 bits per heavy atom. The third-order valence-electron chi connectivity index (χ3n) is 4.97. The molecule has 0 saturated carbocycles. The number of nitrogens with one attached hydrogen (secondary N) is 1. The summed E-state index contributed by atoms with van der Waals surface area (Å²) >= 11 is 6.06. The number of amides is 1. The van der Waals surface area contributed by atoms with Gasteiger partial charge in [-0.3, -0.25) is 4.79 Å². The van der Waals surface area contributed by atoms with Gasteiger partial charge in [-0.2, -0.15) is 0 Å². The summed E-state index contributed by atoms with van der Waals surface area (Å²) in [4.78, 5) is 11.6. The van der Waals surface area contributed by atoms with Crippen molar-refractivity contribution in [2.75, 3.05) is 5.32 Å². The Labute approximate surface area is 148 Å². The van der Waals surface area contributed by atoms with Crippen LogP contribution in [0.25, 0.3) is 0 Å². The molecule has 4 heteroatoms. The van der Waals surface area contributed by atoms with E-state index in [2.05, 4.69) is 31.3 Å². The van der Waals surface area contributed by atoms with E-state index in [-0.39, 0.29) is 11.8 Å². The molecule has 2 aromatic carbocycles. The van der Waals surface area contributed by atoms with E-state index >= 15 is 0 Å². The Morgan fingerprint density at radius 3 is 2.83 bits per heavy atom. The number of fused-ring (bicyclic) bond motifs is 1. The molecule has 1 atom stereocenters. The minimum absolute atomic E-state index is 0.0420. The van der Waals surface area contributed by atoms with E-state index in [0.717, 1.165) is 42.1 Å². The van der Waals surface area contributed by atoms with Crippen LogP contribution in [0.4, 0.5) is 5.69 Å². The van der Waals surface area contributed by atoms with E-state index in [4.69, 9.17) is 17.3 Å². The highest BCUT2D eigenvalue weighted by Gasteiger charge is 2.25. The predicted octanol–water partition coefficient (Wildman–Crippen LogP) is 4.16. The number of nitrogens with two attached hydrogens (primary N) is 1. The van der Waals surface area contributed by atoms with E-state index in [9.17, 15) is 4.79 Å². The number of primary amides is 1. The average molecular weight is 343 g/mol. The van der Waals surface area contributed by atoms with Gasteiger partial charge in [0.2, 0.25) is 5.91 Å². The highest BCUT2D eigenvalue weighted by Crippen LogP contribution is 2.34. The van der Waals surface area contributed by atoms with Crippen molar-refractivity contribution in [1.82, 2.24) is 0 Å². The van der Waals surface area contributed by atoms with E-state index in [1.807, 2.05) is 18.2 Å². The first-order valence-corrected chi connectivity index (χ1v) is 8.73. The highest BCUT2D eigenvalue weighted by atomic mass is 35.5. The second-order valence-corrected chi connectivity index (χ2v) is 7.09. The van der Waals surface area contributed by atoms with Crippen molar-refractivity contribution < 1.29 is 4.79 Å². The van der Waals surface area contributed by atoms with Gasteiger partial charge in [0.25, 0.3) is 0 Å². The molecule has 0 heterocycles. The topological polar surface area (TPSA) is 55.1 Å². The molecule has 0 radical (unpaired) electrons. The summed E-state index contributed by atoms with van der Waals surface area (Å²) in [5.41, 5.74) is 12.9. The van der Waals surface area contributed by atoms with Crippen molar-refractivity contribution in [2.24, 2.45) is 11.7 Å². The van der Waals surface area contributed by atoms with Crippen molar-refractivity contribution in [1.29, 1.82) is 0 Å². The molecular weight excluding hydrogens is 320 g/mol. The van der Waals surface area contributed by atoms with E-state index in [1.54, 1.807) is 0 Å². The summed E-state index contributed by atoms with van der Waals surface area (Å²) in [6.07, 6.45) is 2.54. The van der Waals surface area contributed by atoms with Crippen LogP contribution in [-0.2, 0) is 24.2 Å². The maximum absolute atomic E-state index is 11.6. The quantitative estimate of drug-likeness (QED) is 0.876. The van der Waals surface area contributed by atoms with Gasteiger partial charge >= 0.3 is 0 Å². The van der Waals surface area contributed by atoms with Crippen LogP contribution in [0, 0.1) is 19.8 Å². The highest BCUT2D eigenvalue weighted by molar-refractivity contribution is 6.30. The summed E-state index contributed by atoms with van der Waals surface area (Å²) in [7, 11) is 0. The van der Waals surface area contributed by atoms with E-state index in [0.29, 0.717) is 0 Å². The molecule has 0 fully saturated rings. The van der Waals surface area contributed by atoms with Gasteiger partial charge in [-0.25, -0.2) is 0 Å². The Balaban J connectivity index is 1.86. The lowest BCUT2D eigenvalue weighted by molar-refractivity contribution is -0.122. The first-order chi connectivity index (χ1) is 11.5. The second kappa shape index (κ2) is 6.86. The number of anilines is 1. The normalized spacial score (nSPS) is 16.5. The molecular formula is C20H23ClN2O. The van der Waals surface area contributed by atoms with Crippen molar-refractivity contribution in [3.8, 4) is 0 Å². The standard InChI is InChI=1S/C20H23ClN2O/c1-12-8-15-6-7-16(20(22)24)10-18(15)13(2)19(12)23-11-14-4-3-5-17(21)9-14/h3-5,8-9,16,23H,6-7,10-11H2,1-2H3,(H2,22,24). The lowest BCUT2D eigenvalue weighted by atomic mass is 9.80. The molecule has 0 saturated heterocycles. The van der Waals surface area contributed by atoms with Gasteiger partial charge < -0.3 is 11.1 Å². The fourth-order valence-electron chi connectivity index (χ4n) is 3.65. The van der Waals surface area contributed by atoms with Gasteiger partial charge in [-0.05, 0) is 73.1 Å². The molecule has 0 aromatic heterocycles. The third-order valence-corrected chi connectivity index (χ3v) is 5.21. The van der Waals surface area contributed by atoms with Gasteiger partial charge in [0.05, 0.1) is 0 Å². The van der Waals surface area contributed by atoms with E-state index < -0.39 is 0 Å². The molecule has 0 spiro atoms. The SMILES string of the molecule is Cc1cc2c(c(C)c1NCc1cccc(Cl)c1)CC(C(N)=O)CC2. The van der Waals surface area contributed by atoms with Crippen molar-refractivity contribution in [3.63, 3.8) is 0 Å². The van der Waals surface area contributed by atoms with Crippen LogP contribution in [0.2, 0.25) is 5.02 Å². The molecule has 1 unspecified atom stereocenters. The Morgan fingerprint density at radius 1 is 1.33 bits per heavy atom. The zero-order valence-corrected chi connectivity index (χ0v) is 14.9. The Hall–Kier alpha value is -2.00. The van der Waals surface area contributed by atoms with Gasteiger partial charge in [0.1, 0.15) is 0 Å². The summed E-state index contributed by atoms with van der Waals surface area (Å²) in [5, 5.41) is 4.29. The first-order valence-electron chi connectivity index (χ1n) is 8.35. The fraction of sp³-hybridized carbons (Fsp3) is 0.350. The van der Waals surface area contributed by atoms with Gasteiger partial charge in [0, 0.05) is 23.2 Å². The number of rotatable bonds is 4. The van der Waals surface area contributed by atoms with Crippen LogP contribution in [0.5, 0.6) is 0 Å². The molecule has 2 aromatic rings. The molecule has 1 aliphatic rings. The van der Waals surface area contributed by atoms with Crippen molar-refractivity contribution in [3.05, 3.63) is 63.2 Å². The van der Waals surface area contributed by atoms with Crippen LogP contribution in [-0.4, -0.2) is 5.91 Å². The molecule has 0 aliphatic heterocycles.